The van der Waals surface area contributed by atoms with Crippen molar-refractivity contribution in [1.82, 2.24) is 10.6 Å². The standard InChI is InChI=1S/C19H20BrN3O3S/c1-11(2)26-16-9-6-13(10-15(16)20)18(25)23-19(27)22-14-7-4-12(5-8-14)17(24)21-3/h4-11H,1-3H3,(H,21,24)(H2,22,23,25,27). The van der Waals surface area contributed by atoms with E-state index in [4.69, 9.17) is 17.0 Å². The maximum absolute atomic E-state index is 12.4. The van der Waals surface area contributed by atoms with Crippen LogP contribution in [0.4, 0.5) is 5.69 Å². The summed E-state index contributed by atoms with van der Waals surface area (Å²) in [6.07, 6.45) is 0.0348. The summed E-state index contributed by atoms with van der Waals surface area (Å²) in [7, 11) is 1.57. The molecule has 0 fully saturated rings. The number of carbonyl (C=O) groups is 2. The van der Waals surface area contributed by atoms with Gasteiger partial charge in [-0.25, -0.2) is 0 Å². The Balaban J connectivity index is 1.98. The predicted molar refractivity (Wildman–Crippen MR) is 113 cm³/mol. The number of ether oxygens (including phenoxy) is 1. The van der Waals surface area contributed by atoms with E-state index in [1.54, 1.807) is 49.5 Å². The van der Waals surface area contributed by atoms with Gasteiger partial charge in [0.2, 0.25) is 0 Å². The lowest BCUT2D eigenvalue weighted by molar-refractivity contribution is 0.0959. The second-order valence-corrected chi connectivity index (χ2v) is 7.14. The lowest BCUT2D eigenvalue weighted by atomic mass is 10.2. The zero-order valence-electron chi connectivity index (χ0n) is 15.1. The molecule has 27 heavy (non-hydrogen) atoms. The molecule has 2 aromatic carbocycles. The summed E-state index contributed by atoms with van der Waals surface area (Å²) in [5.41, 5.74) is 1.64. The van der Waals surface area contributed by atoms with Crippen molar-refractivity contribution in [1.29, 1.82) is 0 Å². The second-order valence-electron chi connectivity index (χ2n) is 5.88. The van der Waals surface area contributed by atoms with Crippen molar-refractivity contribution in [2.45, 2.75) is 20.0 Å². The predicted octanol–water partition coefficient (Wildman–Crippen LogP) is 3.72. The zero-order valence-corrected chi connectivity index (χ0v) is 17.5. The molecule has 0 aliphatic carbocycles. The largest absolute Gasteiger partial charge is 0.490 e. The molecule has 0 unspecified atom stereocenters. The summed E-state index contributed by atoms with van der Waals surface area (Å²) in [6.45, 7) is 3.86. The Bertz CT molecular complexity index is 854. The summed E-state index contributed by atoms with van der Waals surface area (Å²) in [5, 5.41) is 8.24. The van der Waals surface area contributed by atoms with E-state index >= 15 is 0 Å². The lowest BCUT2D eigenvalue weighted by Crippen LogP contribution is -2.34. The number of nitrogens with one attached hydrogen (secondary N) is 3. The van der Waals surface area contributed by atoms with E-state index in [1.165, 1.54) is 0 Å². The van der Waals surface area contributed by atoms with Crippen LogP contribution in [0.1, 0.15) is 34.6 Å². The minimum atomic E-state index is -0.341. The van der Waals surface area contributed by atoms with Crippen LogP contribution in [0.5, 0.6) is 5.75 Å². The van der Waals surface area contributed by atoms with Crippen LogP contribution in [0.25, 0.3) is 0 Å². The molecule has 2 aromatic rings. The highest BCUT2D eigenvalue weighted by atomic mass is 79.9. The third-order valence-corrected chi connectivity index (χ3v) is 4.24. The van der Waals surface area contributed by atoms with Crippen LogP contribution in [0, 0.1) is 0 Å². The lowest BCUT2D eigenvalue weighted by Gasteiger charge is -2.13. The molecule has 2 amide bonds. The fraction of sp³-hybridized carbons (Fsp3) is 0.211. The number of halogens is 1. The van der Waals surface area contributed by atoms with Crippen LogP contribution in [-0.2, 0) is 0 Å². The van der Waals surface area contributed by atoms with Gasteiger partial charge in [0.25, 0.3) is 11.8 Å². The van der Waals surface area contributed by atoms with Gasteiger partial charge < -0.3 is 15.4 Å². The third-order valence-electron chi connectivity index (χ3n) is 3.42. The molecule has 0 aromatic heterocycles. The molecule has 0 bridgehead atoms. The quantitative estimate of drug-likeness (QED) is 0.606. The van der Waals surface area contributed by atoms with Crippen molar-refractivity contribution in [3.8, 4) is 5.75 Å². The summed E-state index contributed by atoms with van der Waals surface area (Å²) < 4.78 is 6.32. The van der Waals surface area contributed by atoms with Gasteiger partial charge in [0.05, 0.1) is 10.6 Å². The minimum absolute atomic E-state index is 0.0348. The fourth-order valence-corrected chi connectivity index (χ4v) is 2.86. The van der Waals surface area contributed by atoms with Gasteiger partial charge in [0.15, 0.2) is 5.11 Å². The van der Waals surface area contributed by atoms with Crippen molar-refractivity contribution in [2.75, 3.05) is 12.4 Å². The maximum Gasteiger partial charge on any atom is 0.257 e. The number of amides is 2. The van der Waals surface area contributed by atoms with Gasteiger partial charge in [0.1, 0.15) is 5.75 Å². The molecule has 2 rings (SSSR count). The van der Waals surface area contributed by atoms with E-state index in [-0.39, 0.29) is 23.0 Å². The molecular formula is C19H20BrN3O3S. The topological polar surface area (TPSA) is 79.5 Å². The van der Waals surface area contributed by atoms with Gasteiger partial charge in [0, 0.05) is 23.9 Å². The average Bonchev–Trinajstić information content (AvgIpc) is 2.62. The van der Waals surface area contributed by atoms with Crippen molar-refractivity contribution in [3.63, 3.8) is 0 Å². The Morgan fingerprint density at radius 2 is 1.67 bits per heavy atom. The number of rotatable bonds is 5. The summed E-state index contributed by atoms with van der Waals surface area (Å²) in [6, 6.07) is 11.8. The SMILES string of the molecule is CNC(=O)c1ccc(NC(=S)NC(=O)c2ccc(OC(C)C)c(Br)c2)cc1. The van der Waals surface area contributed by atoms with Gasteiger partial charge in [-0.3, -0.25) is 14.9 Å². The number of thiocarbonyl (C=S) groups is 1. The van der Waals surface area contributed by atoms with E-state index in [2.05, 4.69) is 31.9 Å². The number of benzene rings is 2. The highest BCUT2D eigenvalue weighted by Crippen LogP contribution is 2.27. The summed E-state index contributed by atoms with van der Waals surface area (Å²) in [4.78, 5) is 23.9. The van der Waals surface area contributed by atoms with Crippen LogP contribution in [0.2, 0.25) is 0 Å². The van der Waals surface area contributed by atoms with Crippen molar-refractivity contribution >= 4 is 50.8 Å². The molecule has 0 saturated heterocycles. The molecule has 0 aliphatic heterocycles. The van der Waals surface area contributed by atoms with Crippen LogP contribution in [0.15, 0.2) is 46.9 Å². The van der Waals surface area contributed by atoms with Crippen LogP contribution >= 0.6 is 28.1 Å². The third kappa shape index (κ3) is 6.04. The molecule has 0 radical (unpaired) electrons. The molecule has 3 N–H and O–H groups in total. The zero-order chi connectivity index (χ0) is 20.0. The monoisotopic (exact) mass is 449 g/mol. The van der Waals surface area contributed by atoms with Crippen molar-refractivity contribution < 1.29 is 14.3 Å². The van der Waals surface area contributed by atoms with E-state index in [9.17, 15) is 9.59 Å². The van der Waals surface area contributed by atoms with Crippen LogP contribution in [0.3, 0.4) is 0 Å². The molecule has 8 heteroatoms. The van der Waals surface area contributed by atoms with Gasteiger partial charge in [-0.05, 0) is 84.5 Å². The highest BCUT2D eigenvalue weighted by molar-refractivity contribution is 9.10. The Morgan fingerprint density at radius 3 is 2.22 bits per heavy atom. The van der Waals surface area contributed by atoms with E-state index < -0.39 is 0 Å². The Labute approximate surface area is 171 Å². The normalized spacial score (nSPS) is 10.3. The second kappa shape index (κ2) is 9.48. The van der Waals surface area contributed by atoms with E-state index in [0.717, 1.165) is 0 Å². The summed E-state index contributed by atoms with van der Waals surface area (Å²) >= 11 is 8.58. The van der Waals surface area contributed by atoms with Gasteiger partial charge in [-0.15, -0.1) is 0 Å². The van der Waals surface area contributed by atoms with E-state index in [1.807, 2.05) is 13.8 Å². The first-order chi connectivity index (χ1) is 12.8. The molecule has 142 valence electrons. The van der Waals surface area contributed by atoms with Gasteiger partial charge in [-0.2, -0.15) is 0 Å². The molecular weight excluding hydrogens is 430 g/mol. The molecule has 0 heterocycles. The van der Waals surface area contributed by atoms with Crippen LogP contribution in [-0.4, -0.2) is 30.1 Å². The molecule has 0 aliphatic rings. The van der Waals surface area contributed by atoms with Crippen molar-refractivity contribution in [3.05, 3.63) is 58.1 Å². The maximum atomic E-state index is 12.4. The van der Waals surface area contributed by atoms with Crippen LogP contribution < -0.4 is 20.7 Å². The number of anilines is 1. The minimum Gasteiger partial charge on any atom is -0.490 e. The Hall–Kier alpha value is -2.45. The fourth-order valence-electron chi connectivity index (χ4n) is 2.18. The Morgan fingerprint density at radius 1 is 1.04 bits per heavy atom. The number of hydrogen-bond acceptors (Lipinski definition) is 4. The smallest absolute Gasteiger partial charge is 0.257 e. The first kappa shape index (κ1) is 20.9. The number of carbonyl (C=O) groups excluding carboxylic acids is 2. The highest BCUT2D eigenvalue weighted by Gasteiger charge is 2.12. The Kier molecular flexibility index (Phi) is 7.32. The molecule has 0 atom stereocenters. The first-order valence-electron chi connectivity index (χ1n) is 8.21. The first-order valence-corrected chi connectivity index (χ1v) is 9.41. The van der Waals surface area contributed by atoms with Gasteiger partial charge in [-0.1, -0.05) is 0 Å². The summed E-state index contributed by atoms with van der Waals surface area (Å²) in [5.74, 6) is 0.151. The van der Waals surface area contributed by atoms with Gasteiger partial charge >= 0.3 is 0 Å². The molecule has 0 saturated carbocycles. The van der Waals surface area contributed by atoms with E-state index in [0.29, 0.717) is 27.0 Å². The average molecular weight is 450 g/mol. The van der Waals surface area contributed by atoms with Crippen molar-refractivity contribution in [2.24, 2.45) is 0 Å². The molecule has 0 spiro atoms. The number of hydrogen-bond donors (Lipinski definition) is 3. The molecule has 6 nitrogen and oxygen atoms in total.